The monoisotopic (exact) mass is 323 g/mol. The summed E-state index contributed by atoms with van der Waals surface area (Å²) >= 11 is 5.89. The predicted octanol–water partition coefficient (Wildman–Crippen LogP) is 2.74. The number of nitrogens with zero attached hydrogens (tertiary/aromatic N) is 1. The number of aliphatic hydroxyl groups excluding tert-OH is 1. The maximum Gasteiger partial charge on any atom is 0.191 e. The maximum absolute atomic E-state index is 9.57. The minimum atomic E-state index is -0.123. The maximum atomic E-state index is 9.57. The van der Waals surface area contributed by atoms with Crippen LogP contribution >= 0.6 is 11.6 Å². The highest BCUT2D eigenvalue weighted by Crippen LogP contribution is 2.18. The summed E-state index contributed by atoms with van der Waals surface area (Å²) in [4.78, 5) is 4.64. The summed E-state index contributed by atoms with van der Waals surface area (Å²) in [6.45, 7) is 3.66. The molecule has 1 aromatic rings. The molecule has 1 aliphatic rings. The number of guanidine groups is 1. The Bertz CT molecular complexity index is 467. The van der Waals surface area contributed by atoms with Crippen LogP contribution in [-0.4, -0.2) is 36.3 Å². The van der Waals surface area contributed by atoms with Crippen LogP contribution in [0.2, 0.25) is 5.02 Å². The van der Waals surface area contributed by atoms with Gasteiger partial charge in [0.1, 0.15) is 0 Å². The second kappa shape index (κ2) is 9.01. The fourth-order valence-corrected chi connectivity index (χ4v) is 2.81. The molecule has 5 heteroatoms. The van der Waals surface area contributed by atoms with Crippen LogP contribution in [0.25, 0.3) is 0 Å². The molecule has 1 fully saturated rings. The van der Waals surface area contributed by atoms with Crippen molar-refractivity contribution in [3.63, 3.8) is 0 Å². The number of aliphatic imine (C=N–C) groups is 1. The van der Waals surface area contributed by atoms with E-state index in [4.69, 9.17) is 11.6 Å². The van der Waals surface area contributed by atoms with E-state index in [1.165, 1.54) is 5.56 Å². The summed E-state index contributed by atoms with van der Waals surface area (Å²) < 4.78 is 0. The number of rotatable bonds is 5. The van der Waals surface area contributed by atoms with Crippen molar-refractivity contribution in [3.8, 4) is 0 Å². The molecule has 1 aliphatic carbocycles. The van der Waals surface area contributed by atoms with Gasteiger partial charge in [0.05, 0.1) is 6.10 Å². The predicted molar refractivity (Wildman–Crippen MR) is 92.5 cm³/mol. The van der Waals surface area contributed by atoms with Crippen molar-refractivity contribution in [2.75, 3.05) is 13.1 Å². The SMILES string of the molecule is CCNC(=NCCc1ccc(Cl)cc1)NC1CCC(O)CC1. The zero-order valence-corrected chi connectivity index (χ0v) is 13.9. The van der Waals surface area contributed by atoms with E-state index in [2.05, 4.69) is 22.5 Å². The summed E-state index contributed by atoms with van der Waals surface area (Å²) in [6, 6.07) is 8.33. The van der Waals surface area contributed by atoms with E-state index >= 15 is 0 Å². The first-order valence-electron chi connectivity index (χ1n) is 8.14. The van der Waals surface area contributed by atoms with Gasteiger partial charge in [-0.05, 0) is 56.7 Å². The number of hydrogen-bond acceptors (Lipinski definition) is 2. The summed E-state index contributed by atoms with van der Waals surface area (Å²) in [5.74, 6) is 0.873. The van der Waals surface area contributed by atoms with E-state index < -0.39 is 0 Å². The normalized spacial score (nSPS) is 22.4. The lowest BCUT2D eigenvalue weighted by molar-refractivity contribution is 0.120. The third-order valence-corrected chi connectivity index (χ3v) is 4.22. The summed E-state index contributed by atoms with van der Waals surface area (Å²) in [5.41, 5.74) is 1.24. The van der Waals surface area contributed by atoms with Gasteiger partial charge in [0.25, 0.3) is 0 Å². The molecule has 0 unspecified atom stereocenters. The van der Waals surface area contributed by atoms with E-state index in [1.54, 1.807) is 0 Å². The van der Waals surface area contributed by atoms with Gasteiger partial charge in [-0.2, -0.15) is 0 Å². The molecule has 0 amide bonds. The number of aliphatic hydroxyl groups is 1. The number of halogens is 1. The molecular formula is C17H26ClN3O. The Morgan fingerprint density at radius 3 is 2.55 bits per heavy atom. The van der Waals surface area contributed by atoms with Crippen molar-refractivity contribution < 1.29 is 5.11 Å². The Morgan fingerprint density at radius 2 is 1.91 bits per heavy atom. The van der Waals surface area contributed by atoms with Gasteiger partial charge in [-0.25, -0.2) is 0 Å². The minimum absolute atomic E-state index is 0.123. The average Bonchev–Trinajstić information content (AvgIpc) is 2.52. The van der Waals surface area contributed by atoms with Gasteiger partial charge in [-0.1, -0.05) is 23.7 Å². The first-order valence-corrected chi connectivity index (χ1v) is 8.52. The first kappa shape index (κ1) is 17.1. The van der Waals surface area contributed by atoms with Crippen molar-refractivity contribution in [1.82, 2.24) is 10.6 Å². The molecule has 122 valence electrons. The lowest BCUT2D eigenvalue weighted by Gasteiger charge is -2.27. The average molecular weight is 324 g/mol. The number of hydrogen-bond donors (Lipinski definition) is 3. The quantitative estimate of drug-likeness (QED) is 0.577. The summed E-state index contributed by atoms with van der Waals surface area (Å²) in [6.07, 6.45) is 4.54. The van der Waals surface area contributed by atoms with Gasteiger partial charge in [-0.15, -0.1) is 0 Å². The molecule has 0 radical (unpaired) electrons. The highest BCUT2D eigenvalue weighted by molar-refractivity contribution is 6.30. The molecule has 4 nitrogen and oxygen atoms in total. The molecule has 1 saturated carbocycles. The molecule has 0 bridgehead atoms. The van der Waals surface area contributed by atoms with Crippen LogP contribution in [-0.2, 0) is 6.42 Å². The second-order valence-electron chi connectivity index (χ2n) is 5.79. The van der Waals surface area contributed by atoms with Crippen molar-refractivity contribution in [1.29, 1.82) is 0 Å². The molecule has 1 aromatic carbocycles. The number of benzene rings is 1. The molecule has 0 atom stereocenters. The van der Waals surface area contributed by atoms with Gasteiger partial charge < -0.3 is 15.7 Å². The van der Waals surface area contributed by atoms with E-state index in [-0.39, 0.29) is 6.10 Å². The zero-order valence-electron chi connectivity index (χ0n) is 13.2. The fourth-order valence-electron chi connectivity index (χ4n) is 2.68. The lowest BCUT2D eigenvalue weighted by Crippen LogP contribution is -2.45. The first-order chi connectivity index (χ1) is 10.7. The molecule has 3 N–H and O–H groups in total. The second-order valence-corrected chi connectivity index (χ2v) is 6.22. The molecule has 22 heavy (non-hydrogen) atoms. The summed E-state index contributed by atoms with van der Waals surface area (Å²) in [5, 5.41) is 17.1. The molecule has 0 spiro atoms. The lowest BCUT2D eigenvalue weighted by atomic mass is 9.93. The molecule has 0 aliphatic heterocycles. The van der Waals surface area contributed by atoms with Gasteiger partial charge >= 0.3 is 0 Å². The van der Waals surface area contributed by atoms with Crippen LogP contribution in [0.3, 0.4) is 0 Å². The smallest absolute Gasteiger partial charge is 0.191 e. The Hall–Kier alpha value is -1.26. The van der Waals surface area contributed by atoms with Crippen molar-refractivity contribution in [2.24, 2.45) is 4.99 Å². The van der Waals surface area contributed by atoms with Gasteiger partial charge in [0.15, 0.2) is 5.96 Å². The van der Waals surface area contributed by atoms with Crippen molar-refractivity contribution in [2.45, 2.75) is 51.2 Å². The topological polar surface area (TPSA) is 56.7 Å². The van der Waals surface area contributed by atoms with Crippen LogP contribution in [0, 0.1) is 0 Å². The third-order valence-electron chi connectivity index (χ3n) is 3.97. The van der Waals surface area contributed by atoms with E-state index in [0.717, 1.165) is 56.2 Å². The Morgan fingerprint density at radius 1 is 1.23 bits per heavy atom. The molecule has 2 rings (SSSR count). The third kappa shape index (κ3) is 5.85. The highest BCUT2D eigenvalue weighted by atomic mass is 35.5. The molecule has 0 aromatic heterocycles. The Labute approximate surface area is 138 Å². The van der Waals surface area contributed by atoms with Crippen LogP contribution in [0.1, 0.15) is 38.2 Å². The molecule has 0 heterocycles. The highest BCUT2D eigenvalue weighted by Gasteiger charge is 2.19. The number of nitrogens with one attached hydrogen (secondary N) is 2. The van der Waals surface area contributed by atoms with Crippen molar-refractivity contribution in [3.05, 3.63) is 34.9 Å². The van der Waals surface area contributed by atoms with Crippen LogP contribution in [0.4, 0.5) is 0 Å². The largest absolute Gasteiger partial charge is 0.393 e. The van der Waals surface area contributed by atoms with E-state index in [9.17, 15) is 5.11 Å². The van der Waals surface area contributed by atoms with E-state index in [0.29, 0.717) is 6.04 Å². The summed E-state index contributed by atoms with van der Waals surface area (Å²) in [7, 11) is 0. The Balaban J connectivity index is 1.82. The van der Waals surface area contributed by atoms with Crippen LogP contribution in [0.5, 0.6) is 0 Å². The van der Waals surface area contributed by atoms with Crippen molar-refractivity contribution >= 4 is 17.6 Å². The Kier molecular flexibility index (Phi) is 7.00. The molecule has 0 saturated heterocycles. The van der Waals surface area contributed by atoms with E-state index in [1.807, 2.05) is 24.3 Å². The van der Waals surface area contributed by atoms with Gasteiger partial charge in [-0.3, -0.25) is 4.99 Å². The standard InChI is InChI=1S/C17H26ClN3O/c1-2-19-17(21-15-7-9-16(22)10-8-15)20-12-11-13-3-5-14(18)6-4-13/h3-6,15-16,22H,2,7-12H2,1H3,(H2,19,20,21). The van der Waals surface area contributed by atoms with Crippen LogP contribution in [0.15, 0.2) is 29.3 Å². The van der Waals surface area contributed by atoms with Gasteiger partial charge in [0.2, 0.25) is 0 Å². The minimum Gasteiger partial charge on any atom is -0.393 e. The van der Waals surface area contributed by atoms with Crippen LogP contribution < -0.4 is 10.6 Å². The molecular weight excluding hydrogens is 298 g/mol. The van der Waals surface area contributed by atoms with Gasteiger partial charge in [0, 0.05) is 24.2 Å². The zero-order chi connectivity index (χ0) is 15.8. The fraction of sp³-hybridized carbons (Fsp3) is 0.588.